The molecule has 2 aromatic carbocycles. The lowest BCUT2D eigenvalue weighted by molar-refractivity contribution is -0.146. The second-order valence-electron chi connectivity index (χ2n) is 9.61. The summed E-state index contributed by atoms with van der Waals surface area (Å²) in [5, 5.41) is 8.48. The molecule has 1 fully saturated rings. The van der Waals surface area contributed by atoms with Crippen molar-refractivity contribution in [2.24, 2.45) is 7.05 Å². The molecule has 7 nitrogen and oxygen atoms in total. The first kappa shape index (κ1) is 25.1. The van der Waals surface area contributed by atoms with E-state index in [1.165, 1.54) is 21.7 Å². The van der Waals surface area contributed by atoms with E-state index >= 15 is 0 Å². The lowest BCUT2D eigenvalue weighted by atomic mass is 9.81. The average Bonchev–Trinajstić information content (AvgIpc) is 3.49. The van der Waals surface area contributed by atoms with E-state index in [-0.39, 0.29) is 17.7 Å². The van der Waals surface area contributed by atoms with Gasteiger partial charge in [0.2, 0.25) is 11.6 Å². The van der Waals surface area contributed by atoms with E-state index in [2.05, 4.69) is 15.2 Å². The SMILES string of the molecule is Cn1nc2c(c1-c1cc(F)c(F)c(F)c1)CC1CCCC2N1C(=O)c1nc(C(F)(F)F)n(-c2ccccc2)n1. The Bertz CT molecular complexity index is 1570. The van der Waals surface area contributed by atoms with Gasteiger partial charge in [0.1, 0.15) is 0 Å². The minimum absolute atomic E-state index is 0.0959. The molecule has 0 N–H and O–H groups in total. The number of piperidine rings is 1. The normalized spacial score (nSPS) is 18.8. The highest BCUT2D eigenvalue weighted by atomic mass is 19.4. The number of hydrogen-bond donors (Lipinski definition) is 0. The Morgan fingerprint density at radius 3 is 2.36 bits per heavy atom. The number of fused-ring (bicyclic) bond motifs is 4. The zero-order chi connectivity index (χ0) is 27.6. The van der Waals surface area contributed by atoms with E-state index in [0.29, 0.717) is 34.5 Å². The molecule has 0 radical (unpaired) electrons. The quantitative estimate of drug-likeness (QED) is 0.255. The summed E-state index contributed by atoms with van der Waals surface area (Å²) in [5.41, 5.74) is 1.71. The molecule has 2 bridgehead atoms. The van der Waals surface area contributed by atoms with Crippen LogP contribution in [0.4, 0.5) is 26.3 Å². The van der Waals surface area contributed by atoms with Crippen LogP contribution >= 0.6 is 0 Å². The van der Waals surface area contributed by atoms with Crippen molar-refractivity contribution in [3.63, 3.8) is 0 Å². The van der Waals surface area contributed by atoms with E-state index in [4.69, 9.17) is 0 Å². The zero-order valence-corrected chi connectivity index (χ0v) is 20.4. The molecule has 0 spiro atoms. The third-order valence-corrected chi connectivity index (χ3v) is 7.22. The van der Waals surface area contributed by atoms with Crippen molar-refractivity contribution in [3.05, 3.63) is 82.8 Å². The summed E-state index contributed by atoms with van der Waals surface area (Å²) in [4.78, 5) is 18.8. The summed E-state index contributed by atoms with van der Waals surface area (Å²) in [5.74, 6) is -6.93. The van der Waals surface area contributed by atoms with Crippen molar-refractivity contribution >= 4 is 5.91 Å². The lowest BCUT2D eigenvalue weighted by Crippen LogP contribution is -2.50. The number of hydrogen-bond acceptors (Lipinski definition) is 4. The smallest absolute Gasteiger partial charge is 0.324 e. The van der Waals surface area contributed by atoms with E-state index in [1.54, 1.807) is 25.2 Å². The van der Waals surface area contributed by atoms with Crippen LogP contribution in [0.25, 0.3) is 16.9 Å². The van der Waals surface area contributed by atoms with Gasteiger partial charge in [-0.15, -0.1) is 5.10 Å². The van der Waals surface area contributed by atoms with Gasteiger partial charge in [-0.2, -0.15) is 23.3 Å². The van der Waals surface area contributed by atoms with Crippen LogP contribution in [0.2, 0.25) is 0 Å². The first-order valence-electron chi connectivity index (χ1n) is 12.2. The molecule has 6 rings (SSSR count). The summed E-state index contributed by atoms with van der Waals surface area (Å²) in [7, 11) is 1.57. The van der Waals surface area contributed by atoms with Gasteiger partial charge in [0.05, 0.1) is 23.1 Å². The molecular formula is C26H20F6N6O. The molecule has 2 atom stereocenters. The maximum absolute atomic E-state index is 14.0. The highest BCUT2D eigenvalue weighted by molar-refractivity contribution is 5.91. The number of rotatable bonds is 3. The molecule has 2 unspecified atom stereocenters. The fraction of sp³-hybridized carbons (Fsp3) is 0.308. The molecule has 1 amide bonds. The third-order valence-electron chi connectivity index (χ3n) is 7.22. The first-order chi connectivity index (χ1) is 18.5. The van der Waals surface area contributed by atoms with Crippen LogP contribution in [0.1, 0.15) is 53.0 Å². The highest BCUT2D eigenvalue weighted by Crippen LogP contribution is 2.45. The van der Waals surface area contributed by atoms with Gasteiger partial charge in [-0.3, -0.25) is 9.48 Å². The van der Waals surface area contributed by atoms with Gasteiger partial charge in [-0.1, -0.05) is 18.2 Å². The first-order valence-corrected chi connectivity index (χ1v) is 12.2. The van der Waals surface area contributed by atoms with Crippen LogP contribution in [0.3, 0.4) is 0 Å². The summed E-state index contributed by atoms with van der Waals surface area (Å²) in [6, 6.07) is 8.34. The van der Waals surface area contributed by atoms with Gasteiger partial charge in [0.25, 0.3) is 5.91 Å². The Labute approximate surface area is 217 Å². The topological polar surface area (TPSA) is 68.8 Å². The number of carbonyl (C=O) groups is 1. The number of aromatic nitrogens is 5. The largest absolute Gasteiger partial charge is 0.451 e. The molecule has 0 aliphatic carbocycles. The second-order valence-corrected chi connectivity index (χ2v) is 9.61. The van der Waals surface area contributed by atoms with Crippen LogP contribution in [0.15, 0.2) is 42.5 Å². The molecule has 0 saturated carbocycles. The molecule has 4 aromatic rings. The number of benzene rings is 2. The molecule has 2 aliphatic heterocycles. The molecule has 13 heteroatoms. The van der Waals surface area contributed by atoms with Crippen LogP contribution < -0.4 is 0 Å². The summed E-state index contributed by atoms with van der Waals surface area (Å²) in [6.07, 6.45) is -2.85. The standard InChI is InChI=1S/C26H20F6N6O/c1-36-22(13-10-17(27)20(29)18(28)11-13)16-12-15-8-5-9-19(21(16)34-36)37(15)24(39)23-33-25(26(30,31)32)38(35-23)14-6-3-2-4-7-14/h2-4,6-7,10-11,15,19H,5,8-9,12H2,1H3. The number of alkyl halides is 3. The van der Waals surface area contributed by atoms with Crippen molar-refractivity contribution in [3.8, 4) is 16.9 Å². The summed E-state index contributed by atoms with van der Waals surface area (Å²) < 4.78 is 85.2. The Balaban J connectivity index is 1.41. The number of nitrogens with zero attached hydrogens (tertiary/aromatic N) is 6. The van der Waals surface area contributed by atoms with Crippen molar-refractivity contribution in [2.75, 3.05) is 0 Å². The number of aryl methyl sites for hydroxylation is 1. The maximum atomic E-state index is 14.0. The second kappa shape index (κ2) is 8.95. The Morgan fingerprint density at radius 2 is 1.69 bits per heavy atom. The van der Waals surface area contributed by atoms with Crippen molar-refractivity contribution in [2.45, 2.75) is 43.9 Å². The predicted octanol–water partition coefficient (Wildman–Crippen LogP) is 5.40. The van der Waals surface area contributed by atoms with Crippen molar-refractivity contribution < 1.29 is 31.1 Å². The van der Waals surface area contributed by atoms with Crippen LogP contribution in [0.5, 0.6) is 0 Å². The van der Waals surface area contributed by atoms with Crippen LogP contribution in [-0.2, 0) is 19.6 Å². The van der Waals surface area contributed by atoms with Gasteiger partial charge >= 0.3 is 6.18 Å². The third kappa shape index (κ3) is 4.07. The van der Waals surface area contributed by atoms with E-state index in [1.807, 2.05) is 0 Å². The number of halogens is 6. The molecule has 1 saturated heterocycles. The van der Waals surface area contributed by atoms with E-state index in [0.717, 1.165) is 18.6 Å². The van der Waals surface area contributed by atoms with Crippen LogP contribution in [0, 0.1) is 17.5 Å². The Hall–Kier alpha value is -4.16. The number of para-hydroxylation sites is 1. The average molecular weight is 546 g/mol. The molecule has 202 valence electrons. The number of amides is 1. The minimum atomic E-state index is -4.86. The Kier molecular flexibility index (Phi) is 5.77. The Morgan fingerprint density at radius 1 is 1.00 bits per heavy atom. The minimum Gasteiger partial charge on any atom is -0.324 e. The predicted molar refractivity (Wildman–Crippen MR) is 125 cm³/mol. The van der Waals surface area contributed by atoms with Crippen molar-refractivity contribution in [1.29, 1.82) is 0 Å². The fourth-order valence-electron chi connectivity index (χ4n) is 5.65. The van der Waals surface area contributed by atoms with Gasteiger partial charge in [-0.05, 0) is 49.9 Å². The monoisotopic (exact) mass is 546 g/mol. The highest BCUT2D eigenvalue weighted by Gasteiger charge is 2.46. The van der Waals surface area contributed by atoms with Crippen LogP contribution in [-0.4, -0.2) is 41.4 Å². The van der Waals surface area contributed by atoms with Crippen molar-refractivity contribution in [1.82, 2.24) is 29.4 Å². The lowest BCUT2D eigenvalue weighted by Gasteiger charge is -2.44. The van der Waals surface area contributed by atoms with E-state index < -0.39 is 53.3 Å². The molecular weight excluding hydrogens is 526 g/mol. The van der Waals surface area contributed by atoms with E-state index in [9.17, 15) is 31.1 Å². The number of carbonyl (C=O) groups excluding carboxylic acids is 1. The van der Waals surface area contributed by atoms with Gasteiger partial charge in [-0.25, -0.2) is 17.9 Å². The van der Waals surface area contributed by atoms with Gasteiger partial charge in [0.15, 0.2) is 17.5 Å². The fourth-order valence-corrected chi connectivity index (χ4v) is 5.65. The summed E-state index contributed by atoms with van der Waals surface area (Å²) >= 11 is 0. The zero-order valence-electron chi connectivity index (χ0n) is 20.4. The molecule has 2 aromatic heterocycles. The van der Waals surface area contributed by atoms with Gasteiger partial charge in [0, 0.05) is 24.2 Å². The van der Waals surface area contributed by atoms with Gasteiger partial charge < -0.3 is 4.90 Å². The molecule has 4 heterocycles. The molecule has 39 heavy (non-hydrogen) atoms. The molecule has 2 aliphatic rings. The summed E-state index contributed by atoms with van der Waals surface area (Å²) in [6.45, 7) is 0. The maximum Gasteiger partial charge on any atom is 0.451 e.